The topological polar surface area (TPSA) is 79.3 Å². The second-order valence-corrected chi connectivity index (χ2v) is 3.55. The molecule has 0 unspecified atom stereocenters. The fourth-order valence-electron chi connectivity index (χ4n) is 1.65. The second kappa shape index (κ2) is 4.21. The van der Waals surface area contributed by atoms with Crippen molar-refractivity contribution in [1.82, 2.24) is 4.98 Å². The number of carbonyl (C=O) groups excluding carboxylic acids is 1. The number of hydrogen-bond donors (Lipinski definition) is 2. The molecule has 1 amide bonds. The Hall–Kier alpha value is -2.43. The van der Waals surface area contributed by atoms with E-state index in [9.17, 15) is 9.59 Å². The normalized spacial score (nSPS) is 10.2. The summed E-state index contributed by atoms with van der Waals surface area (Å²) in [5.41, 5.74) is 1.16. The van der Waals surface area contributed by atoms with E-state index in [2.05, 4.69) is 10.3 Å². The maximum absolute atomic E-state index is 11.0. The number of para-hydroxylation sites is 1. The van der Waals surface area contributed by atoms with Gasteiger partial charge in [0.05, 0.1) is 16.8 Å². The first-order chi connectivity index (χ1) is 8.09. The largest absolute Gasteiger partial charge is 0.478 e. The van der Waals surface area contributed by atoms with Gasteiger partial charge in [-0.3, -0.25) is 9.78 Å². The van der Waals surface area contributed by atoms with Gasteiger partial charge in [0.2, 0.25) is 5.91 Å². The van der Waals surface area contributed by atoms with E-state index in [4.69, 9.17) is 5.11 Å². The number of aromatic carboxylic acids is 1. The minimum Gasteiger partial charge on any atom is -0.478 e. The lowest BCUT2D eigenvalue weighted by Crippen LogP contribution is -2.07. The van der Waals surface area contributed by atoms with Crippen molar-refractivity contribution >= 4 is 28.5 Å². The zero-order valence-electron chi connectivity index (χ0n) is 9.10. The maximum Gasteiger partial charge on any atom is 0.336 e. The summed E-state index contributed by atoms with van der Waals surface area (Å²) in [6.07, 6.45) is 1.41. The molecule has 0 saturated heterocycles. The highest BCUT2D eigenvalue weighted by molar-refractivity contribution is 6.07. The number of pyridine rings is 1. The molecule has 17 heavy (non-hydrogen) atoms. The van der Waals surface area contributed by atoms with E-state index in [0.717, 1.165) is 0 Å². The standard InChI is InChI=1S/C12H10N2O3/c1-7(15)14-10-4-2-3-8-9(12(16)17)5-6-13-11(8)10/h2-6H,1H3,(H,14,15)(H,16,17). The molecule has 0 fully saturated rings. The molecule has 0 aliphatic carbocycles. The van der Waals surface area contributed by atoms with E-state index in [1.807, 2.05) is 0 Å². The van der Waals surface area contributed by atoms with Gasteiger partial charge in [-0.2, -0.15) is 0 Å². The van der Waals surface area contributed by atoms with Crippen LogP contribution in [0.25, 0.3) is 10.9 Å². The highest BCUT2D eigenvalue weighted by Crippen LogP contribution is 2.23. The average molecular weight is 230 g/mol. The van der Waals surface area contributed by atoms with Crippen LogP contribution in [0, 0.1) is 0 Å². The van der Waals surface area contributed by atoms with Gasteiger partial charge in [-0.1, -0.05) is 12.1 Å². The van der Waals surface area contributed by atoms with Crippen LogP contribution in [-0.4, -0.2) is 22.0 Å². The maximum atomic E-state index is 11.0. The molecule has 1 aromatic carbocycles. The van der Waals surface area contributed by atoms with Crippen LogP contribution in [-0.2, 0) is 4.79 Å². The van der Waals surface area contributed by atoms with Crippen molar-refractivity contribution in [3.8, 4) is 0 Å². The van der Waals surface area contributed by atoms with Crippen LogP contribution < -0.4 is 5.32 Å². The van der Waals surface area contributed by atoms with Crippen molar-refractivity contribution in [2.75, 3.05) is 5.32 Å². The van der Waals surface area contributed by atoms with Crippen LogP contribution >= 0.6 is 0 Å². The molecule has 0 aliphatic heterocycles. The third kappa shape index (κ3) is 2.08. The molecule has 2 aromatic rings. The molecule has 2 rings (SSSR count). The molecule has 0 bridgehead atoms. The number of amides is 1. The quantitative estimate of drug-likeness (QED) is 0.825. The Kier molecular flexibility index (Phi) is 2.74. The first-order valence-corrected chi connectivity index (χ1v) is 4.98. The van der Waals surface area contributed by atoms with Crippen LogP contribution in [0.5, 0.6) is 0 Å². The average Bonchev–Trinajstić information content (AvgIpc) is 2.28. The molecular weight excluding hydrogens is 220 g/mol. The fourth-order valence-corrected chi connectivity index (χ4v) is 1.65. The van der Waals surface area contributed by atoms with Gasteiger partial charge in [0.25, 0.3) is 0 Å². The van der Waals surface area contributed by atoms with Gasteiger partial charge in [-0.25, -0.2) is 4.79 Å². The number of carboxylic acids is 1. The van der Waals surface area contributed by atoms with Gasteiger partial charge in [0.15, 0.2) is 0 Å². The molecule has 0 radical (unpaired) electrons. The first kappa shape index (κ1) is 11.1. The van der Waals surface area contributed by atoms with Gasteiger partial charge < -0.3 is 10.4 Å². The van der Waals surface area contributed by atoms with Crippen molar-refractivity contribution < 1.29 is 14.7 Å². The summed E-state index contributed by atoms with van der Waals surface area (Å²) in [5, 5.41) is 12.2. The fraction of sp³-hybridized carbons (Fsp3) is 0.0833. The van der Waals surface area contributed by atoms with Crippen LogP contribution in [0.3, 0.4) is 0 Å². The van der Waals surface area contributed by atoms with E-state index in [-0.39, 0.29) is 11.5 Å². The molecule has 5 nitrogen and oxygen atoms in total. The van der Waals surface area contributed by atoms with Gasteiger partial charge in [-0.15, -0.1) is 0 Å². The summed E-state index contributed by atoms with van der Waals surface area (Å²) in [4.78, 5) is 26.2. The van der Waals surface area contributed by atoms with Gasteiger partial charge >= 0.3 is 5.97 Å². The molecule has 1 aromatic heterocycles. The summed E-state index contributed by atoms with van der Waals surface area (Å²) < 4.78 is 0. The number of aromatic nitrogens is 1. The zero-order chi connectivity index (χ0) is 12.4. The smallest absolute Gasteiger partial charge is 0.336 e. The predicted octanol–water partition coefficient (Wildman–Crippen LogP) is 1.89. The Morgan fingerprint density at radius 3 is 2.71 bits per heavy atom. The van der Waals surface area contributed by atoms with E-state index in [1.54, 1.807) is 18.2 Å². The van der Waals surface area contributed by atoms with E-state index in [1.165, 1.54) is 19.2 Å². The number of carbonyl (C=O) groups is 2. The van der Waals surface area contributed by atoms with Crippen molar-refractivity contribution in [3.05, 3.63) is 36.0 Å². The molecule has 1 heterocycles. The van der Waals surface area contributed by atoms with Gasteiger partial charge in [-0.05, 0) is 12.1 Å². The summed E-state index contributed by atoms with van der Waals surface area (Å²) in [7, 11) is 0. The second-order valence-electron chi connectivity index (χ2n) is 3.55. The number of nitrogens with zero attached hydrogens (tertiary/aromatic N) is 1. The van der Waals surface area contributed by atoms with Crippen molar-refractivity contribution in [3.63, 3.8) is 0 Å². The summed E-state index contributed by atoms with van der Waals surface area (Å²) in [6, 6.07) is 6.46. The minimum absolute atomic E-state index is 0.169. The van der Waals surface area contributed by atoms with Crippen LogP contribution in [0.4, 0.5) is 5.69 Å². The third-order valence-corrected chi connectivity index (χ3v) is 2.31. The summed E-state index contributed by atoms with van der Waals surface area (Å²) in [5.74, 6) is -1.24. The molecule has 2 N–H and O–H groups in total. The lowest BCUT2D eigenvalue weighted by molar-refractivity contribution is -0.114. The Morgan fingerprint density at radius 1 is 1.29 bits per heavy atom. The number of benzene rings is 1. The molecule has 0 spiro atoms. The highest BCUT2D eigenvalue weighted by atomic mass is 16.4. The van der Waals surface area contributed by atoms with Crippen molar-refractivity contribution in [1.29, 1.82) is 0 Å². The predicted molar refractivity (Wildman–Crippen MR) is 63.0 cm³/mol. The van der Waals surface area contributed by atoms with E-state index in [0.29, 0.717) is 16.6 Å². The molecule has 5 heteroatoms. The monoisotopic (exact) mass is 230 g/mol. The third-order valence-electron chi connectivity index (χ3n) is 2.31. The number of fused-ring (bicyclic) bond motifs is 1. The molecule has 0 atom stereocenters. The first-order valence-electron chi connectivity index (χ1n) is 4.98. The van der Waals surface area contributed by atoms with Crippen molar-refractivity contribution in [2.45, 2.75) is 6.92 Å². The van der Waals surface area contributed by atoms with E-state index < -0.39 is 5.97 Å². The van der Waals surface area contributed by atoms with Crippen LogP contribution in [0.1, 0.15) is 17.3 Å². The summed E-state index contributed by atoms with van der Waals surface area (Å²) >= 11 is 0. The number of rotatable bonds is 2. The van der Waals surface area contributed by atoms with Gasteiger partial charge in [0.1, 0.15) is 0 Å². The molecule has 0 aliphatic rings. The Labute approximate surface area is 97.1 Å². The van der Waals surface area contributed by atoms with Crippen molar-refractivity contribution in [2.24, 2.45) is 0 Å². The lowest BCUT2D eigenvalue weighted by Gasteiger charge is -2.07. The lowest BCUT2D eigenvalue weighted by atomic mass is 10.1. The Bertz CT molecular complexity index is 608. The molecule has 0 saturated carbocycles. The van der Waals surface area contributed by atoms with Gasteiger partial charge in [0, 0.05) is 18.5 Å². The molecule has 86 valence electrons. The summed E-state index contributed by atoms with van der Waals surface area (Å²) in [6.45, 7) is 1.39. The number of anilines is 1. The Balaban J connectivity index is 2.69. The number of nitrogens with one attached hydrogen (secondary N) is 1. The number of carboxylic acid groups (broad SMARTS) is 1. The van der Waals surface area contributed by atoms with Crippen LogP contribution in [0.2, 0.25) is 0 Å². The van der Waals surface area contributed by atoms with Crippen LogP contribution in [0.15, 0.2) is 30.5 Å². The highest BCUT2D eigenvalue weighted by Gasteiger charge is 2.11. The SMILES string of the molecule is CC(=O)Nc1cccc2c(C(=O)O)ccnc12. The van der Waals surface area contributed by atoms with E-state index >= 15 is 0 Å². The molecular formula is C12H10N2O3. The zero-order valence-corrected chi connectivity index (χ0v) is 9.10. The Morgan fingerprint density at radius 2 is 2.06 bits per heavy atom. The number of hydrogen-bond acceptors (Lipinski definition) is 3. The minimum atomic E-state index is -1.02.